The molecule has 0 spiro atoms. The van der Waals surface area contributed by atoms with E-state index in [9.17, 15) is 14.4 Å². The second-order valence-corrected chi connectivity index (χ2v) is 6.23. The van der Waals surface area contributed by atoms with Gasteiger partial charge in [0.1, 0.15) is 12.6 Å². The van der Waals surface area contributed by atoms with Crippen LogP contribution in [0.2, 0.25) is 0 Å². The highest BCUT2D eigenvalue weighted by Crippen LogP contribution is 2.24. The minimum atomic E-state index is -0.837. The van der Waals surface area contributed by atoms with E-state index < -0.39 is 11.9 Å². The Balaban J connectivity index is 1.71. The minimum absolute atomic E-state index is 0.0578. The van der Waals surface area contributed by atoms with Crippen LogP contribution < -0.4 is 10.6 Å². The van der Waals surface area contributed by atoms with E-state index in [-0.39, 0.29) is 30.7 Å². The van der Waals surface area contributed by atoms with Crippen molar-refractivity contribution in [3.63, 3.8) is 0 Å². The van der Waals surface area contributed by atoms with Crippen molar-refractivity contribution < 1.29 is 23.9 Å². The number of fused-ring (bicyclic) bond motifs is 1. The van der Waals surface area contributed by atoms with Gasteiger partial charge in [-0.2, -0.15) is 10.1 Å². The van der Waals surface area contributed by atoms with E-state index in [1.807, 2.05) is 0 Å². The van der Waals surface area contributed by atoms with Gasteiger partial charge in [-0.15, -0.1) is 0 Å². The number of carbonyl (C=O) groups excluding carboxylic acids is 3. The van der Waals surface area contributed by atoms with E-state index in [0.717, 1.165) is 0 Å². The zero-order valence-corrected chi connectivity index (χ0v) is 15.6. The zero-order chi connectivity index (χ0) is 20.1. The number of nitrogens with zero attached hydrogens (tertiary/aromatic N) is 3. The van der Waals surface area contributed by atoms with Crippen LogP contribution in [0.3, 0.4) is 0 Å². The highest BCUT2D eigenvalue weighted by Gasteiger charge is 2.33. The molecule has 0 saturated heterocycles. The molecule has 1 aliphatic heterocycles. The molecule has 1 atom stereocenters. The molecule has 10 nitrogen and oxygen atoms in total. The molecule has 0 saturated carbocycles. The number of hydrogen-bond acceptors (Lipinski definition) is 7. The summed E-state index contributed by atoms with van der Waals surface area (Å²) in [7, 11) is 1.57. The van der Waals surface area contributed by atoms with Crippen LogP contribution in [0.1, 0.15) is 35.6 Å². The van der Waals surface area contributed by atoms with Crippen LogP contribution in [-0.4, -0.2) is 52.7 Å². The summed E-state index contributed by atoms with van der Waals surface area (Å²) < 4.78 is 11.7. The summed E-state index contributed by atoms with van der Waals surface area (Å²) in [6, 6.07) is 5.68. The summed E-state index contributed by atoms with van der Waals surface area (Å²) >= 11 is 0. The summed E-state index contributed by atoms with van der Waals surface area (Å²) in [5.74, 6) is -0.220. The molecule has 1 unspecified atom stereocenters. The third-order valence-corrected chi connectivity index (χ3v) is 4.12. The van der Waals surface area contributed by atoms with E-state index in [0.29, 0.717) is 30.3 Å². The number of amides is 2. The summed E-state index contributed by atoms with van der Waals surface area (Å²) in [5, 5.41) is 9.63. The van der Waals surface area contributed by atoms with E-state index >= 15 is 0 Å². The van der Waals surface area contributed by atoms with Gasteiger partial charge in [-0.1, -0.05) is 0 Å². The van der Waals surface area contributed by atoms with Crippen LogP contribution in [0, 0.1) is 0 Å². The fourth-order valence-corrected chi connectivity index (χ4v) is 2.69. The van der Waals surface area contributed by atoms with Gasteiger partial charge in [0.05, 0.1) is 19.6 Å². The predicted octanol–water partition coefficient (Wildman–Crippen LogP) is 1.17. The lowest BCUT2D eigenvalue weighted by atomic mass is 10.1. The van der Waals surface area contributed by atoms with Crippen molar-refractivity contribution in [2.45, 2.75) is 26.0 Å². The van der Waals surface area contributed by atoms with Crippen molar-refractivity contribution in [2.24, 2.45) is 0 Å². The maximum atomic E-state index is 12.7. The number of ketones is 1. The Morgan fingerprint density at radius 3 is 2.71 bits per heavy atom. The standard InChI is InChI=1S/C18H21N5O5/c1-11(24)12-3-5-13(6-4-12)19-17(26)14-9-16(25)21-18-20-15(22-23(14)18)10-28-8-7-27-2/h3-6,14H,7-10H2,1-2H3,(H,19,26)(H,20,21,22,25). The number of carbonyl (C=O) groups is 3. The molecular weight excluding hydrogens is 366 g/mol. The van der Waals surface area contributed by atoms with Crippen LogP contribution >= 0.6 is 0 Å². The largest absolute Gasteiger partial charge is 0.382 e. The van der Waals surface area contributed by atoms with Crippen molar-refractivity contribution in [3.05, 3.63) is 35.7 Å². The van der Waals surface area contributed by atoms with Crippen molar-refractivity contribution in [3.8, 4) is 0 Å². The van der Waals surface area contributed by atoms with Crippen molar-refractivity contribution in [1.82, 2.24) is 14.8 Å². The predicted molar refractivity (Wildman–Crippen MR) is 98.9 cm³/mol. The summed E-state index contributed by atoms with van der Waals surface area (Å²) in [4.78, 5) is 40.2. The maximum Gasteiger partial charge on any atom is 0.249 e. The smallest absolute Gasteiger partial charge is 0.249 e. The second-order valence-electron chi connectivity index (χ2n) is 6.23. The van der Waals surface area contributed by atoms with Gasteiger partial charge in [0.2, 0.25) is 17.8 Å². The Hall–Kier alpha value is -3.11. The molecule has 0 radical (unpaired) electrons. The van der Waals surface area contributed by atoms with E-state index in [4.69, 9.17) is 9.47 Å². The topological polar surface area (TPSA) is 124 Å². The number of aromatic nitrogens is 3. The molecule has 148 valence electrons. The third kappa shape index (κ3) is 4.59. The van der Waals surface area contributed by atoms with Gasteiger partial charge in [0, 0.05) is 18.4 Å². The van der Waals surface area contributed by atoms with Crippen molar-refractivity contribution >= 4 is 29.2 Å². The molecule has 2 amide bonds. The number of methoxy groups -OCH3 is 1. The maximum absolute atomic E-state index is 12.7. The van der Waals surface area contributed by atoms with E-state index in [2.05, 4.69) is 20.7 Å². The molecular formula is C18H21N5O5. The SMILES string of the molecule is COCCOCc1nc2n(n1)C(C(=O)Nc1ccc(C(C)=O)cc1)CC(=O)N2. The first-order valence-electron chi connectivity index (χ1n) is 8.71. The lowest BCUT2D eigenvalue weighted by Gasteiger charge is -2.22. The van der Waals surface area contributed by atoms with Gasteiger partial charge < -0.3 is 14.8 Å². The van der Waals surface area contributed by atoms with Gasteiger partial charge in [-0.3, -0.25) is 19.7 Å². The molecule has 10 heteroatoms. The van der Waals surface area contributed by atoms with Gasteiger partial charge in [0.15, 0.2) is 11.6 Å². The average molecular weight is 387 g/mol. The second kappa shape index (κ2) is 8.72. The first-order chi connectivity index (χ1) is 13.5. The molecule has 2 aromatic rings. The molecule has 2 N–H and O–H groups in total. The molecule has 0 aliphatic carbocycles. The number of hydrogen-bond donors (Lipinski definition) is 2. The van der Waals surface area contributed by atoms with E-state index in [1.165, 1.54) is 11.6 Å². The molecule has 3 rings (SSSR count). The Labute approximate surface area is 161 Å². The first-order valence-corrected chi connectivity index (χ1v) is 8.71. The molecule has 1 aromatic heterocycles. The number of nitrogens with one attached hydrogen (secondary N) is 2. The van der Waals surface area contributed by atoms with Gasteiger partial charge >= 0.3 is 0 Å². The Morgan fingerprint density at radius 1 is 1.29 bits per heavy atom. The van der Waals surface area contributed by atoms with Crippen LogP contribution in [0.4, 0.5) is 11.6 Å². The normalized spacial score (nSPS) is 15.6. The fraction of sp³-hybridized carbons (Fsp3) is 0.389. The lowest BCUT2D eigenvalue weighted by molar-refractivity contribution is -0.125. The molecule has 0 fully saturated rings. The Morgan fingerprint density at radius 2 is 2.04 bits per heavy atom. The van der Waals surface area contributed by atoms with Gasteiger partial charge in [0.25, 0.3) is 0 Å². The van der Waals surface area contributed by atoms with Crippen LogP contribution in [0.5, 0.6) is 0 Å². The number of Topliss-reactive ketones (excluding diaryl/α,β-unsaturated/α-hetero) is 1. The van der Waals surface area contributed by atoms with Gasteiger partial charge in [-0.05, 0) is 31.2 Å². The fourth-order valence-electron chi connectivity index (χ4n) is 2.69. The van der Waals surface area contributed by atoms with Crippen LogP contribution in [0.15, 0.2) is 24.3 Å². The third-order valence-electron chi connectivity index (χ3n) is 4.12. The number of ether oxygens (including phenoxy) is 2. The number of anilines is 2. The minimum Gasteiger partial charge on any atom is -0.382 e. The number of benzene rings is 1. The van der Waals surface area contributed by atoms with Crippen LogP contribution in [-0.2, 0) is 25.7 Å². The highest BCUT2D eigenvalue weighted by atomic mass is 16.5. The highest BCUT2D eigenvalue weighted by molar-refractivity contribution is 6.01. The van der Waals surface area contributed by atoms with Gasteiger partial charge in [-0.25, -0.2) is 4.68 Å². The summed E-state index contributed by atoms with van der Waals surface area (Å²) in [6.45, 7) is 2.43. The molecule has 1 aliphatic rings. The summed E-state index contributed by atoms with van der Waals surface area (Å²) in [6.07, 6.45) is -0.0578. The average Bonchev–Trinajstić information content (AvgIpc) is 3.07. The quantitative estimate of drug-likeness (QED) is 0.514. The monoisotopic (exact) mass is 387 g/mol. The molecule has 2 heterocycles. The molecule has 1 aromatic carbocycles. The van der Waals surface area contributed by atoms with Crippen LogP contribution in [0.25, 0.3) is 0 Å². The first kappa shape index (κ1) is 19.6. The van der Waals surface area contributed by atoms with E-state index in [1.54, 1.807) is 31.4 Å². The Kier molecular flexibility index (Phi) is 6.12. The summed E-state index contributed by atoms with van der Waals surface area (Å²) in [5.41, 5.74) is 1.07. The van der Waals surface area contributed by atoms with Crippen molar-refractivity contribution in [1.29, 1.82) is 0 Å². The zero-order valence-electron chi connectivity index (χ0n) is 15.6. The lowest BCUT2D eigenvalue weighted by Crippen LogP contribution is -2.36. The Bertz CT molecular complexity index is 877. The van der Waals surface area contributed by atoms with Crippen molar-refractivity contribution in [2.75, 3.05) is 31.0 Å². The molecule has 0 bridgehead atoms. The number of rotatable bonds is 8. The molecule has 28 heavy (non-hydrogen) atoms.